The Labute approximate surface area is 119 Å². The number of hydrogen-bond donors (Lipinski definition) is 1. The van der Waals surface area contributed by atoms with Crippen LogP contribution in [0.15, 0.2) is 18.2 Å². The van der Waals surface area contributed by atoms with Crippen molar-refractivity contribution in [3.63, 3.8) is 0 Å². The van der Waals surface area contributed by atoms with Crippen LogP contribution in [0.1, 0.15) is 29.4 Å². The molecule has 0 aliphatic heterocycles. The van der Waals surface area contributed by atoms with E-state index in [1.54, 1.807) is 0 Å². The van der Waals surface area contributed by atoms with E-state index in [2.05, 4.69) is 31.9 Å². The van der Waals surface area contributed by atoms with Crippen molar-refractivity contribution in [2.45, 2.75) is 33.6 Å². The number of aromatic nitrogens is 2. The van der Waals surface area contributed by atoms with E-state index in [-0.39, 0.29) is 0 Å². The van der Waals surface area contributed by atoms with E-state index in [9.17, 15) is 0 Å². The van der Waals surface area contributed by atoms with Crippen LogP contribution < -0.4 is 5.73 Å². The van der Waals surface area contributed by atoms with Gasteiger partial charge in [-0.25, -0.2) is 4.68 Å². The zero-order chi connectivity index (χ0) is 14.0. The van der Waals surface area contributed by atoms with Crippen LogP contribution in [0.25, 0.3) is 5.69 Å². The van der Waals surface area contributed by atoms with Crippen LogP contribution in [0.5, 0.6) is 0 Å². The molecule has 0 aliphatic rings. The first-order valence-corrected chi connectivity index (χ1v) is 7.00. The summed E-state index contributed by atoms with van der Waals surface area (Å²) in [6, 6.07) is 5.91. The number of nitrogens with two attached hydrogens (primary N) is 1. The van der Waals surface area contributed by atoms with Crippen molar-refractivity contribution >= 4 is 11.6 Å². The second-order valence-electron chi connectivity index (χ2n) is 4.69. The van der Waals surface area contributed by atoms with Crippen LogP contribution in [-0.4, -0.2) is 16.3 Å². The molecule has 2 N–H and O–H groups in total. The molecule has 0 spiro atoms. The highest BCUT2D eigenvalue weighted by Gasteiger charge is 2.15. The van der Waals surface area contributed by atoms with Crippen LogP contribution >= 0.6 is 11.6 Å². The van der Waals surface area contributed by atoms with Crippen molar-refractivity contribution < 1.29 is 0 Å². The lowest BCUT2D eigenvalue weighted by molar-refractivity contribution is 0.813. The number of benzene rings is 1. The Kier molecular flexibility index (Phi) is 4.27. The Morgan fingerprint density at radius 3 is 2.58 bits per heavy atom. The fraction of sp³-hybridized carbons (Fsp3) is 0.400. The molecule has 0 unspecified atom stereocenters. The van der Waals surface area contributed by atoms with Gasteiger partial charge in [0.05, 0.1) is 11.4 Å². The van der Waals surface area contributed by atoms with Crippen LogP contribution in [0.3, 0.4) is 0 Å². The summed E-state index contributed by atoms with van der Waals surface area (Å²) >= 11 is 6.29. The van der Waals surface area contributed by atoms with E-state index in [0.29, 0.717) is 6.54 Å². The van der Waals surface area contributed by atoms with Gasteiger partial charge in [-0.05, 0) is 56.5 Å². The van der Waals surface area contributed by atoms with Gasteiger partial charge < -0.3 is 5.73 Å². The highest BCUT2D eigenvalue weighted by atomic mass is 35.5. The molecule has 2 aromatic rings. The average Bonchev–Trinajstić information content (AvgIpc) is 2.67. The fourth-order valence-electron chi connectivity index (χ4n) is 2.56. The van der Waals surface area contributed by atoms with Gasteiger partial charge in [-0.15, -0.1) is 0 Å². The molecule has 102 valence electrons. The Morgan fingerprint density at radius 1 is 1.26 bits per heavy atom. The second kappa shape index (κ2) is 5.76. The van der Waals surface area contributed by atoms with Gasteiger partial charge >= 0.3 is 0 Å². The molecule has 1 heterocycles. The van der Waals surface area contributed by atoms with Crippen LogP contribution in [0, 0.1) is 13.8 Å². The monoisotopic (exact) mass is 277 g/mol. The summed E-state index contributed by atoms with van der Waals surface area (Å²) in [4.78, 5) is 0. The third kappa shape index (κ3) is 2.53. The summed E-state index contributed by atoms with van der Waals surface area (Å²) in [5.41, 5.74) is 11.4. The third-order valence-corrected chi connectivity index (χ3v) is 3.87. The smallest absolute Gasteiger partial charge is 0.0696 e. The Hall–Kier alpha value is -1.32. The lowest BCUT2D eigenvalue weighted by Crippen LogP contribution is -2.09. The van der Waals surface area contributed by atoms with Crippen LogP contribution in [0.4, 0.5) is 0 Å². The third-order valence-electron chi connectivity index (χ3n) is 3.51. The van der Waals surface area contributed by atoms with Gasteiger partial charge in [-0.3, -0.25) is 0 Å². The number of hydrogen-bond acceptors (Lipinski definition) is 2. The lowest BCUT2D eigenvalue weighted by Gasteiger charge is -2.12. The van der Waals surface area contributed by atoms with E-state index in [0.717, 1.165) is 34.8 Å². The molecule has 1 aromatic carbocycles. The molecule has 1 aromatic heterocycles. The standard InChI is InChI=1S/C15H20ClN3/c1-4-12-10(2)18-19(11(12)3)15-7-5-6-14(16)13(15)8-9-17/h5-7H,4,8-9,17H2,1-3H3. The predicted octanol–water partition coefficient (Wildman–Crippen LogP) is 3.21. The van der Waals surface area contributed by atoms with Gasteiger partial charge in [0.1, 0.15) is 0 Å². The van der Waals surface area contributed by atoms with E-state index in [4.69, 9.17) is 17.3 Å². The average molecular weight is 278 g/mol. The molecule has 0 saturated carbocycles. The van der Waals surface area contributed by atoms with E-state index in [1.165, 1.54) is 11.3 Å². The van der Waals surface area contributed by atoms with Gasteiger partial charge in [0.15, 0.2) is 0 Å². The number of aryl methyl sites for hydroxylation is 1. The van der Waals surface area contributed by atoms with E-state index in [1.807, 2.05) is 16.8 Å². The topological polar surface area (TPSA) is 43.8 Å². The highest BCUT2D eigenvalue weighted by molar-refractivity contribution is 6.31. The zero-order valence-electron chi connectivity index (χ0n) is 11.7. The maximum Gasteiger partial charge on any atom is 0.0696 e. The highest BCUT2D eigenvalue weighted by Crippen LogP contribution is 2.26. The molecule has 0 bridgehead atoms. The molecular formula is C15H20ClN3. The molecule has 0 saturated heterocycles. The number of rotatable bonds is 4. The Balaban J connectivity index is 2.62. The van der Waals surface area contributed by atoms with Gasteiger partial charge in [0.2, 0.25) is 0 Å². The maximum absolute atomic E-state index is 6.29. The number of nitrogens with zero attached hydrogens (tertiary/aromatic N) is 2. The zero-order valence-corrected chi connectivity index (χ0v) is 12.5. The fourth-order valence-corrected chi connectivity index (χ4v) is 2.82. The van der Waals surface area contributed by atoms with Gasteiger partial charge in [-0.1, -0.05) is 24.6 Å². The van der Waals surface area contributed by atoms with Crippen molar-refractivity contribution in [1.29, 1.82) is 0 Å². The first-order chi connectivity index (χ1) is 9.10. The largest absolute Gasteiger partial charge is 0.330 e. The van der Waals surface area contributed by atoms with E-state index >= 15 is 0 Å². The summed E-state index contributed by atoms with van der Waals surface area (Å²) in [6.07, 6.45) is 1.75. The molecule has 4 heteroatoms. The number of halogens is 1. The Morgan fingerprint density at radius 2 is 2.00 bits per heavy atom. The molecule has 0 aliphatic carbocycles. The minimum absolute atomic E-state index is 0.580. The van der Waals surface area contributed by atoms with E-state index < -0.39 is 0 Å². The molecule has 0 atom stereocenters. The van der Waals surface area contributed by atoms with Crippen molar-refractivity contribution in [3.8, 4) is 5.69 Å². The van der Waals surface area contributed by atoms with Crippen molar-refractivity contribution in [3.05, 3.63) is 45.7 Å². The van der Waals surface area contributed by atoms with Gasteiger partial charge in [-0.2, -0.15) is 5.10 Å². The molecule has 0 radical (unpaired) electrons. The SMILES string of the molecule is CCc1c(C)nn(-c2cccc(Cl)c2CCN)c1C. The minimum Gasteiger partial charge on any atom is -0.330 e. The molecule has 0 fully saturated rings. The quantitative estimate of drug-likeness (QED) is 0.933. The molecular weight excluding hydrogens is 258 g/mol. The van der Waals surface area contributed by atoms with Crippen LogP contribution in [-0.2, 0) is 12.8 Å². The van der Waals surface area contributed by atoms with Crippen LogP contribution in [0.2, 0.25) is 5.02 Å². The summed E-state index contributed by atoms with van der Waals surface area (Å²) in [5, 5.41) is 5.41. The normalized spacial score (nSPS) is 11.0. The molecule has 3 nitrogen and oxygen atoms in total. The summed E-state index contributed by atoms with van der Waals surface area (Å²) in [7, 11) is 0. The maximum atomic E-state index is 6.29. The molecule has 19 heavy (non-hydrogen) atoms. The van der Waals surface area contributed by atoms with Crippen molar-refractivity contribution in [1.82, 2.24) is 9.78 Å². The summed E-state index contributed by atoms with van der Waals surface area (Å²) in [5.74, 6) is 0. The predicted molar refractivity (Wildman–Crippen MR) is 80.2 cm³/mol. The minimum atomic E-state index is 0.580. The first-order valence-electron chi connectivity index (χ1n) is 6.63. The molecule has 0 amide bonds. The van der Waals surface area contributed by atoms with Crippen molar-refractivity contribution in [2.24, 2.45) is 5.73 Å². The van der Waals surface area contributed by atoms with Gasteiger partial charge in [0.25, 0.3) is 0 Å². The Bertz CT molecular complexity index is 587. The van der Waals surface area contributed by atoms with Gasteiger partial charge in [0, 0.05) is 10.7 Å². The lowest BCUT2D eigenvalue weighted by atomic mass is 10.1. The summed E-state index contributed by atoms with van der Waals surface area (Å²) in [6.45, 7) is 6.89. The summed E-state index contributed by atoms with van der Waals surface area (Å²) < 4.78 is 1.99. The second-order valence-corrected chi connectivity index (χ2v) is 5.10. The first kappa shape index (κ1) is 14.1. The molecule has 2 rings (SSSR count). The van der Waals surface area contributed by atoms with Crippen molar-refractivity contribution in [2.75, 3.05) is 6.54 Å².